The lowest BCUT2D eigenvalue weighted by Gasteiger charge is -2.03. The van der Waals surface area contributed by atoms with Gasteiger partial charge in [-0.15, -0.1) is 0 Å². The second kappa shape index (κ2) is 3.38. The molecule has 0 saturated heterocycles. The van der Waals surface area contributed by atoms with Crippen LogP contribution in [-0.4, -0.2) is 0 Å². The molecule has 0 amide bonds. The number of rotatable bonds is 2. The second-order valence-corrected chi connectivity index (χ2v) is 2.99. The highest BCUT2D eigenvalue weighted by atomic mass is 14.0. The maximum absolute atomic E-state index is 5.35. The Morgan fingerprint density at radius 1 is 1.18 bits per heavy atom. The van der Waals surface area contributed by atoms with Crippen LogP contribution in [0.15, 0.2) is 24.3 Å². The van der Waals surface area contributed by atoms with Gasteiger partial charge in [-0.1, -0.05) is 50.8 Å². The van der Waals surface area contributed by atoms with E-state index in [4.69, 9.17) is 6.58 Å². The zero-order valence-corrected chi connectivity index (χ0v) is 7.04. The van der Waals surface area contributed by atoms with Gasteiger partial charge in [-0.05, 0) is 17.0 Å². The lowest BCUT2D eigenvalue weighted by molar-refractivity contribution is 0.866. The summed E-state index contributed by atoms with van der Waals surface area (Å²) in [5.41, 5.74) is 2.44. The quantitative estimate of drug-likeness (QED) is 0.599. The third-order valence-electron chi connectivity index (χ3n) is 1.80. The average molecular weight is 145 g/mol. The van der Waals surface area contributed by atoms with E-state index in [2.05, 4.69) is 26.0 Å². The summed E-state index contributed by atoms with van der Waals surface area (Å²) >= 11 is 0. The van der Waals surface area contributed by atoms with Gasteiger partial charge in [0, 0.05) is 0 Å². The predicted molar refractivity (Wildman–Crippen MR) is 49.3 cm³/mol. The number of hydrogen-bond donors (Lipinski definition) is 0. The van der Waals surface area contributed by atoms with Crippen LogP contribution in [-0.2, 0) is 0 Å². The summed E-state index contributed by atoms with van der Waals surface area (Å²) in [6.45, 7) is 9.71. The smallest absolute Gasteiger partial charge is 0.0219 e. The van der Waals surface area contributed by atoms with Crippen LogP contribution in [0.1, 0.15) is 30.9 Å². The van der Waals surface area contributed by atoms with E-state index < -0.39 is 0 Å². The fourth-order valence-corrected chi connectivity index (χ4v) is 0.992. The molecule has 1 aromatic rings. The van der Waals surface area contributed by atoms with E-state index in [1.54, 1.807) is 6.08 Å². The molecule has 0 aliphatic carbocycles. The van der Waals surface area contributed by atoms with Gasteiger partial charge in [0.05, 0.1) is 0 Å². The van der Waals surface area contributed by atoms with E-state index in [0.717, 1.165) is 5.56 Å². The highest BCUT2D eigenvalue weighted by Gasteiger charge is 1.96. The second-order valence-electron chi connectivity index (χ2n) is 2.99. The first-order chi connectivity index (χ1) is 5.24. The van der Waals surface area contributed by atoms with E-state index in [0.29, 0.717) is 5.92 Å². The number of hydrogen-bond acceptors (Lipinski definition) is 0. The summed E-state index contributed by atoms with van der Waals surface area (Å²) in [6.07, 6.45) is 1.62. The largest absolute Gasteiger partial charge is 0.0617 e. The van der Waals surface area contributed by atoms with Gasteiger partial charge < -0.3 is 0 Å². The van der Waals surface area contributed by atoms with E-state index >= 15 is 0 Å². The van der Waals surface area contributed by atoms with Crippen molar-refractivity contribution >= 4 is 6.08 Å². The molecule has 11 heavy (non-hydrogen) atoms. The molecule has 0 heteroatoms. The molecule has 1 aromatic carbocycles. The van der Waals surface area contributed by atoms with E-state index in [1.165, 1.54) is 5.56 Å². The molecule has 0 bridgehead atoms. The molecule has 1 rings (SSSR count). The Bertz CT molecular complexity index is 229. The van der Waals surface area contributed by atoms with E-state index in [-0.39, 0.29) is 0 Å². The Labute approximate surface area is 68.6 Å². The van der Waals surface area contributed by atoms with Gasteiger partial charge in [0.1, 0.15) is 0 Å². The van der Waals surface area contributed by atoms with Crippen molar-refractivity contribution in [2.75, 3.05) is 0 Å². The van der Waals surface area contributed by atoms with Crippen molar-refractivity contribution in [1.82, 2.24) is 0 Å². The minimum Gasteiger partial charge on any atom is -0.0617 e. The van der Waals surface area contributed by atoms with Crippen LogP contribution < -0.4 is 0 Å². The predicted octanol–water partition coefficient (Wildman–Crippen LogP) is 3.26. The topological polar surface area (TPSA) is 0 Å². The molecule has 0 aliphatic rings. The summed E-state index contributed by atoms with van der Waals surface area (Å²) < 4.78 is 0. The minimum atomic E-state index is 0.599. The Morgan fingerprint density at radius 2 is 1.73 bits per heavy atom. The Balaban J connectivity index is 2.91. The first-order valence-corrected chi connectivity index (χ1v) is 3.89. The fourth-order valence-electron chi connectivity index (χ4n) is 0.992. The van der Waals surface area contributed by atoms with Crippen molar-refractivity contribution in [1.29, 1.82) is 0 Å². The molecule has 0 nitrogen and oxygen atoms in total. The summed E-state index contributed by atoms with van der Waals surface area (Å²) in [4.78, 5) is 0. The van der Waals surface area contributed by atoms with E-state index in [1.807, 2.05) is 12.1 Å². The van der Waals surface area contributed by atoms with Crippen LogP contribution in [0.3, 0.4) is 0 Å². The molecule has 0 atom stereocenters. The molecule has 0 saturated carbocycles. The van der Waals surface area contributed by atoms with Crippen LogP contribution in [0.4, 0.5) is 0 Å². The van der Waals surface area contributed by atoms with Crippen LogP contribution in [0.5, 0.6) is 0 Å². The van der Waals surface area contributed by atoms with Crippen molar-refractivity contribution in [3.8, 4) is 0 Å². The van der Waals surface area contributed by atoms with E-state index in [9.17, 15) is 0 Å². The zero-order chi connectivity index (χ0) is 8.27. The summed E-state index contributed by atoms with van der Waals surface area (Å²) in [5.74, 6) is 0.599. The molecule has 0 N–H and O–H groups in total. The van der Waals surface area contributed by atoms with Gasteiger partial charge in [0.25, 0.3) is 0 Å². The van der Waals surface area contributed by atoms with Gasteiger partial charge in [0.2, 0.25) is 0 Å². The summed E-state index contributed by atoms with van der Waals surface area (Å²) in [6, 6.07) is 8.30. The monoisotopic (exact) mass is 145 g/mol. The first-order valence-electron chi connectivity index (χ1n) is 3.89. The van der Waals surface area contributed by atoms with Gasteiger partial charge in [-0.2, -0.15) is 0 Å². The Kier molecular flexibility index (Phi) is 2.48. The van der Waals surface area contributed by atoms with Gasteiger partial charge in [0.15, 0.2) is 0 Å². The third-order valence-corrected chi connectivity index (χ3v) is 1.80. The van der Waals surface area contributed by atoms with Crippen LogP contribution in [0, 0.1) is 6.58 Å². The molecule has 0 spiro atoms. The van der Waals surface area contributed by atoms with Crippen LogP contribution >= 0.6 is 0 Å². The molecule has 0 heterocycles. The Hall–Kier alpha value is -1.04. The molecule has 0 fully saturated rings. The third kappa shape index (κ3) is 1.94. The fraction of sp³-hybridized carbons (Fsp3) is 0.273. The molecule has 1 radical (unpaired) electrons. The van der Waals surface area contributed by atoms with Crippen LogP contribution in [0.2, 0.25) is 0 Å². The lowest BCUT2D eigenvalue weighted by Crippen LogP contribution is -1.85. The summed E-state index contributed by atoms with van der Waals surface area (Å²) in [7, 11) is 0. The first kappa shape index (κ1) is 8.06. The van der Waals surface area contributed by atoms with Crippen molar-refractivity contribution in [2.24, 2.45) is 0 Å². The maximum atomic E-state index is 5.35. The van der Waals surface area contributed by atoms with Crippen molar-refractivity contribution in [3.63, 3.8) is 0 Å². The van der Waals surface area contributed by atoms with Crippen molar-refractivity contribution in [2.45, 2.75) is 19.8 Å². The molecule has 0 aliphatic heterocycles. The standard InChI is InChI=1S/C11H13/c1-4-10-5-7-11(8-6-10)9(2)3/h1,4-9H,2-3H3. The minimum absolute atomic E-state index is 0.599. The van der Waals surface area contributed by atoms with Crippen LogP contribution in [0.25, 0.3) is 6.08 Å². The van der Waals surface area contributed by atoms with Crippen molar-refractivity contribution < 1.29 is 0 Å². The SMILES string of the molecule is [CH]=Cc1ccc(C(C)C)cc1. The number of benzene rings is 1. The molecule has 0 aromatic heterocycles. The molecular weight excluding hydrogens is 132 g/mol. The lowest BCUT2D eigenvalue weighted by atomic mass is 10.0. The van der Waals surface area contributed by atoms with Gasteiger partial charge in [-0.25, -0.2) is 0 Å². The van der Waals surface area contributed by atoms with Gasteiger partial charge >= 0.3 is 0 Å². The maximum Gasteiger partial charge on any atom is -0.0219 e. The molecule has 0 unspecified atom stereocenters. The van der Waals surface area contributed by atoms with Crippen molar-refractivity contribution in [3.05, 3.63) is 42.0 Å². The highest BCUT2D eigenvalue weighted by Crippen LogP contribution is 2.14. The zero-order valence-electron chi connectivity index (χ0n) is 7.04. The average Bonchev–Trinajstić information content (AvgIpc) is 2.05. The van der Waals surface area contributed by atoms with Gasteiger partial charge in [-0.3, -0.25) is 0 Å². The normalized spacial score (nSPS) is 10.1. The Morgan fingerprint density at radius 3 is 2.09 bits per heavy atom. The molecular formula is C11H13. The molecule has 57 valence electrons. The summed E-state index contributed by atoms with van der Waals surface area (Å²) in [5, 5.41) is 0. The highest BCUT2D eigenvalue weighted by molar-refractivity contribution is 5.46.